The average molecular weight is 815 g/mol. The number of hydrogen-bond acceptors (Lipinski definition) is 5. The molecular weight excluding hydrogens is 717 g/mol. The first kappa shape index (κ1) is 56.1. The van der Waals surface area contributed by atoms with Gasteiger partial charge in [-0.15, -0.1) is 0 Å². The fourth-order valence-corrected chi connectivity index (χ4v) is 7.41. The molecule has 0 radical (unpaired) electrons. The molecular formula is C53H98O5. The summed E-state index contributed by atoms with van der Waals surface area (Å²) in [5.41, 5.74) is 0. The molecule has 0 saturated heterocycles. The third-order valence-corrected chi connectivity index (χ3v) is 11.2. The van der Waals surface area contributed by atoms with Gasteiger partial charge in [-0.2, -0.15) is 0 Å². The van der Waals surface area contributed by atoms with Gasteiger partial charge in [0.1, 0.15) is 6.61 Å². The Morgan fingerprint density at radius 1 is 0.397 bits per heavy atom. The lowest BCUT2D eigenvalue weighted by atomic mass is 10.0. The molecule has 58 heavy (non-hydrogen) atoms. The molecule has 0 N–H and O–H groups in total. The Bertz CT molecular complexity index is 924. The highest BCUT2D eigenvalue weighted by molar-refractivity contribution is 5.70. The molecule has 0 aliphatic heterocycles. The molecule has 1 unspecified atom stereocenters. The van der Waals surface area contributed by atoms with E-state index in [1.54, 1.807) is 0 Å². The van der Waals surface area contributed by atoms with Crippen LogP contribution >= 0.6 is 0 Å². The van der Waals surface area contributed by atoms with Crippen molar-refractivity contribution in [3.63, 3.8) is 0 Å². The summed E-state index contributed by atoms with van der Waals surface area (Å²) in [5, 5.41) is 0. The molecule has 340 valence electrons. The lowest BCUT2D eigenvalue weighted by Gasteiger charge is -2.18. The summed E-state index contributed by atoms with van der Waals surface area (Å²) in [4.78, 5) is 25.4. The van der Waals surface area contributed by atoms with Crippen LogP contribution < -0.4 is 0 Å². The van der Waals surface area contributed by atoms with Gasteiger partial charge in [0.2, 0.25) is 0 Å². The van der Waals surface area contributed by atoms with Crippen molar-refractivity contribution in [1.82, 2.24) is 0 Å². The topological polar surface area (TPSA) is 61.8 Å². The molecule has 0 amide bonds. The molecule has 0 aliphatic rings. The van der Waals surface area contributed by atoms with E-state index in [0.717, 1.165) is 64.2 Å². The van der Waals surface area contributed by atoms with Crippen molar-refractivity contribution < 1.29 is 23.8 Å². The summed E-state index contributed by atoms with van der Waals surface area (Å²) in [6.07, 6.45) is 58.6. The van der Waals surface area contributed by atoms with Crippen LogP contribution in [0.1, 0.15) is 265 Å². The van der Waals surface area contributed by atoms with Crippen LogP contribution in [0.5, 0.6) is 0 Å². The number of hydrogen-bond donors (Lipinski definition) is 0. The smallest absolute Gasteiger partial charge is 0.306 e. The van der Waals surface area contributed by atoms with E-state index in [2.05, 4.69) is 57.2 Å². The van der Waals surface area contributed by atoms with Crippen LogP contribution in [0.3, 0.4) is 0 Å². The van der Waals surface area contributed by atoms with E-state index in [-0.39, 0.29) is 25.2 Å². The summed E-state index contributed by atoms with van der Waals surface area (Å²) >= 11 is 0. The maximum absolute atomic E-state index is 12.8. The van der Waals surface area contributed by atoms with E-state index in [4.69, 9.17) is 14.2 Å². The van der Waals surface area contributed by atoms with E-state index < -0.39 is 6.10 Å². The minimum absolute atomic E-state index is 0.0822. The van der Waals surface area contributed by atoms with Crippen molar-refractivity contribution in [3.8, 4) is 0 Å². The second kappa shape index (κ2) is 49.5. The van der Waals surface area contributed by atoms with Gasteiger partial charge >= 0.3 is 11.9 Å². The number of allylic oxidation sites excluding steroid dienone is 6. The Morgan fingerprint density at radius 2 is 0.776 bits per heavy atom. The monoisotopic (exact) mass is 815 g/mol. The SMILES string of the molecule is CC/C=C\C/C=C\C/C=C\CCCCCCCC(=O)OCC(COCCCCCCCCCCCCCCCC)OC(=O)CCCCCCCCCCCCCCC. The number of carbonyl (C=O) groups is 2. The van der Waals surface area contributed by atoms with Crippen LogP contribution in [0.15, 0.2) is 36.5 Å². The van der Waals surface area contributed by atoms with Crippen LogP contribution in [0.25, 0.3) is 0 Å². The summed E-state index contributed by atoms with van der Waals surface area (Å²) < 4.78 is 17.4. The third-order valence-electron chi connectivity index (χ3n) is 11.2. The maximum Gasteiger partial charge on any atom is 0.306 e. The van der Waals surface area contributed by atoms with Crippen LogP contribution in [0, 0.1) is 0 Å². The van der Waals surface area contributed by atoms with Crippen molar-refractivity contribution in [2.24, 2.45) is 0 Å². The zero-order valence-corrected chi connectivity index (χ0v) is 39.1. The summed E-state index contributed by atoms with van der Waals surface area (Å²) in [5.74, 6) is -0.402. The van der Waals surface area contributed by atoms with Crippen LogP contribution in [0.4, 0.5) is 0 Å². The van der Waals surface area contributed by atoms with Gasteiger partial charge < -0.3 is 14.2 Å². The van der Waals surface area contributed by atoms with E-state index in [1.807, 2.05) is 0 Å². The van der Waals surface area contributed by atoms with E-state index in [0.29, 0.717) is 19.4 Å². The summed E-state index contributed by atoms with van der Waals surface area (Å²) in [7, 11) is 0. The molecule has 0 aromatic rings. The Labute approximate surface area is 361 Å². The first-order valence-corrected chi connectivity index (χ1v) is 25.5. The normalized spacial score (nSPS) is 12.4. The number of ether oxygens (including phenoxy) is 3. The average Bonchev–Trinajstić information content (AvgIpc) is 3.22. The second-order valence-electron chi connectivity index (χ2n) is 17.1. The van der Waals surface area contributed by atoms with Gasteiger partial charge in [0.25, 0.3) is 0 Å². The quantitative estimate of drug-likeness (QED) is 0.0348. The first-order valence-electron chi connectivity index (χ1n) is 25.5. The fraction of sp³-hybridized carbons (Fsp3) is 0.849. The highest BCUT2D eigenvalue weighted by Gasteiger charge is 2.17. The molecule has 0 aromatic carbocycles. The number of carbonyl (C=O) groups excluding carboxylic acids is 2. The maximum atomic E-state index is 12.8. The van der Waals surface area contributed by atoms with Crippen molar-refractivity contribution in [3.05, 3.63) is 36.5 Å². The Morgan fingerprint density at radius 3 is 1.24 bits per heavy atom. The Hall–Kier alpha value is -1.88. The van der Waals surface area contributed by atoms with Crippen LogP contribution in [0.2, 0.25) is 0 Å². The van der Waals surface area contributed by atoms with Gasteiger partial charge in [0, 0.05) is 19.4 Å². The van der Waals surface area contributed by atoms with Crippen molar-refractivity contribution in [2.75, 3.05) is 19.8 Å². The van der Waals surface area contributed by atoms with Gasteiger partial charge in [-0.05, 0) is 51.4 Å². The minimum atomic E-state index is -0.536. The van der Waals surface area contributed by atoms with Gasteiger partial charge in [-0.1, -0.05) is 237 Å². The lowest BCUT2D eigenvalue weighted by molar-refractivity contribution is -0.163. The van der Waals surface area contributed by atoms with E-state index in [9.17, 15) is 9.59 Å². The van der Waals surface area contributed by atoms with E-state index >= 15 is 0 Å². The molecule has 5 nitrogen and oxygen atoms in total. The van der Waals surface area contributed by atoms with Crippen molar-refractivity contribution in [2.45, 2.75) is 271 Å². The molecule has 0 saturated carbocycles. The molecule has 0 fully saturated rings. The van der Waals surface area contributed by atoms with Crippen LogP contribution in [-0.4, -0.2) is 37.9 Å². The molecule has 0 heterocycles. The number of rotatable bonds is 47. The molecule has 0 aromatic heterocycles. The first-order chi connectivity index (χ1) is 28.6. The zero-order chi connectivity index (χ0) is 42.1. The molecule has 0 bridgehead atoms. The fourth-order valence-electron chi connectivity index (χ4n) is 7.41. The molecule has 0 rings (SSSR count). The van der Waals surface area contributed by atoms with Gasteiger partial charge in [0.05, 0.1) is 6.61 Å². The Kier molecular flexibility index (Phi) is 47.9. The predicted molar refractivity (Wildman–Crippen MR) is 252 cm³/mol. The number of esters is 2. The van der Waals surface area contributed by atoms with E-state index in [1.165, 1.54) is 167 Å². The molecule has 5 heteroatoms. The molecule has 0 spiro atoms. The van der Waals surface area contributed by atoms with Crippen LogP contribution in [-0.2, 0) is 23.8 Å². The van der Waals surface area contributed by atoms with Gasteiger partial charge in [-0.25, -0.2) is 0 Å². The highest BCUT2D eigenvalue weighted by atomic mass is 16.6. The summed E-state index contributed by atoms with van der Waals surface area (Å²) in [6, 6.07) is 0. The van der Waals surface area contributed by atoms with Crippen molar-refractivity contribution >= 4 is 11.9 Å². The predicted octanol–water partition coefficient (Wildman–Crippen LogP) is 17.0. The van der Waals surface area contributed by atoms with Crippen molar-refractivity contribution in [1.29, 1.82) is 0 Å². The standard InChI is InChI=1S/C53H98O5/c1-4-7-10-13-16-19-22-25-27-29-31-34-37-40-43-46-52(54)57-50-51(49-56-48-45-42-39-36-33-30-26-23-20-17-14-11-8-5-2)58-53(55)47-44-41-38-35-32-28-24-21-18-15-12-9-6-3/h7,10,16,19,25,27,51H,4-6,8-9,11-15,17-18,20-24,26,28-50H2,1-3H3/b10-7-,19-16-,27-25-. The zero-order valence-electron chi connectivity index (χ0n) is 39.1. The molecule has 0 aliphatic carbocycles. The number of unbranched alkanes of at least 4 members (excludes halogenated alkanes) is 30. The lowest BCUT2D eigenvalue weighted by Crippen LogP contribution is -2.30. The molecule has 1 atom stereocenters. The second-order valence-corrected chi connectivity index (χ2v) is 17.1. The largest absolute Gasteiger partial charge is 0.462 e. The highest BCUT2D eigenvalue weighted by Crippen LogP contribution is 2.16. The summed E-state index contributed by atoms with van der Waals surface area (Å²) in [6.45, 7) is 7.74. The van der Waals surface area contributed by atoms with Gasteiger partial charge in [0.15, 0.2) is 6.10 Å². The van der Waals surface area contributed by atoms with Gasteiger partial charge in [-0.3, -0.25) is 9.59 Å². The minimum Gasteiger partial charge on any atom is -0.462 e. The third kappa shape index (κ3) is 46.8. The Balaban J connectivity index is 4.25.